The number of nitrogens with zero attached hydrogens (tertiary/aromatic N) is 1. The molecule has 2 nitrogen and oxygen atoms in total. The molecule has 1 aliphatic rings. The van der Waals surface area contributed by atoms with E-state index in [-0.39, 0.29) is 12.4 Å². The largest absolute Gasteiger partial charge is 0.327 e. The fourth-order valence-electron chi connectivity index (χ4n) is 2.25. The van der Waals surface area contributed by atoms with E-state index in [1.54, 1.807) is 0 Å². The third kappa shape index (κ3) is 2.78. The lowest BCUT2D eigenvalue weighted by Gasteiger charge is -2.04. The standard InChI is InChI=1S/C16H14N2.ClH/c1-18-14-8-6-12(7-9-14)11-2-4-13(5-3-11)15-10-16(15)17;/h2-9,15-16H,10,17H2;1H. The van der Waals surface area contributed by atoms with Crippen LogP contribution in [0.25, 0.3) is 16.0 Å². The molecule has 2 N–H and O–H groups in total. The van der Waals surface area contributed by atoms with Gasteiger partial charge in [0.15, 0.2) is 5.69 Å². The first-order chi connectivity index (χ1) is 8.78. The van der Waals surface area contributed by atoms with E-state index >= 15 is 0 Å². The van der Waals surface area contributed by atoms with Crippen LogP contribution in [0, 0.1) is 6.57 Å². The Morgan fingerprint density at radius 1 is 0.947 bits per heavy atom. The van der Waals surface area contributed by atoms with Crippen molar-refractivity contribution in [1.29, 1.82) is 0 Å². The van der Waals surface area contributed by atoms with Crippen LogP contribution in [0.5, 0.6) is 0 Å². The first-order valence-corrected chi connectivity index (χ1v) is 6.11. The van der Waals surface area contributed by atoms with E-state index in [9.17, 15) is 0 Å². The minimum absolute atomic E-state index is 0. The van der Waals surface area contributed by atoms with Crippen LogP contribution in [0.15, 0.2) is 48.5 Å². The van der Waals surface area contributed by atoms with Gasteiger partial charge < -0.3 is 5.73 Å². The highest BCUT2D eigenvalue weighted by Crippen LogP contribution is 2.39. The highest BCUT2D eigenvalue weighted by molar-refractivity contribution is 5.85. The summed E-state index contributed by atoms with van der Waals surface area (Å²) >= 11 is 0. The molecular weight excluding hydrogens is 256 g/mol. The van der Waals surface area contributed by atoms with Gasteiger partial charge in [-0.2, -0.15) is 0 Å². The predicted molar refractivity (Wildman–Crippen MR) is 80.7 cm³/mol. The number of nitrogens with two attached hydrogens (primary N) is 1. The molecule has 2 aromatic carbocycles. The molecule has 0 aliphatic heterocycles. The van der Waals surface area contributed by atoms with Crippen LogP contribution in [-0.2, 0) is 0 Å². The zero-order valence-electron chi connectivity index (χ0n) is 10.4. The Balaban J connectivity index is 0.00000133. The summed E-state index contributed by atoms with van der Waals surface area (Å²) in [6.45, 7) is 6.93. The molecule has 0 spiro atoms. The van der Waals surface area contributed by atoms with Crippen LogP contribution in [0.4, 0.5) is 5.69 Å². The molecule has 0 aromatic heterocycles. The van der Waals surface area contributed by atoms with Gasteiger partial charge in [-0.1, -0.05) is 48.5 Å². The summed E-state index contributed by atoms with van der Waals surface area (Å²) in [6.07, 6.45) is 1.11. The number of rotatable bonds is 2. The second kappa shape index (κ2) is 5.44. The SMILES string of the molecule is Cl.[C-]#[N+]c1ccc(-c2ccc(C3CC3N)cc2)cc1. The lowest BCUT2D eigenvalue weighted by molar-refractivity contribution is 0.991. The topological polar surface area (TPSA) is 30.4 Å². The van der Waals surface area contributed by atoms with Crippen molar-refractivity contribution < 1.29 is 0 Å². The summed E-state index contributed by atoms with van der Waals surface area (Å²) in [6, 6.07) is 16.6. The molecule has 2 atom stereocenters. The molecule has 0 saturated heterocycles. The molecule has 1 fully saturated rings. The molecule has 1 saturated carbocycles. The van der Waals surface area contributed by atoms with Crippen LogP contribution < -0.4 is 5.73 Å². The van der Waals surface area contributed by atoms with E-state index in [1.807, 2.05) is 24.3 Å². The molecule has 0 bridgehead atoms. The monoisotopic (exact) mass is 270 g/mol. The maximum absolute atomic E-state index is 6.93. The summed E-state index contributed by atoms with van der Waals surface area (Å²) in [5.74, 6) is 0.559. The third-order valence-electron chi connectivity index (χ3n) is 3.51. The van der Waals surface area contributed by atoms with Gasteiger partial charge in [-0.15, -0.1) is 12.4 Å². The molecule has 0 radical (unpaired) electrons. The maximum Gasteiger partial charge on any atom is 0.187 e. The smallest absolute Gasteiger partial charge is 0.187 e. The van der Waals surface area contributed by atoms with Gasteiger partial charge in [0.05, 0.1) is 6.57 Å². The van der Waals surface area contributed by atoms with Crippen molar-refractivity contribution in [1.82, 2.24) is 0 Å². The average Bonchev–Trinajstić information content (AvgIpc) is 3.16. The molecule has 2 aromatic rings. The fraction of sp³-hybridized carbons (Fsp3) is 0.188. The molecule has 3 heteroatoms. The Morgan fingerprint density at radius 3 is 1.84 bits per heavy atom. The van der Waals surface area contributed by atoms with Gasteiger partial charge in [0.1, 0.15) is 0 Å². The van der Waals surface area contributed by atoms with Gasteiger partial charge in [-0.25, -0.2) is 4.85 Å². The van der Waals surface area contributed by atoms with Crippen molar-refractivity contribution in [3.63, 3.8) is 0 Å². The van der Waals surface area contributed by atoms with Crippen molar-refractivity contribution in [3.8, 4) is 11.1 Å². The number of hydrogen-bond donors (Lipinski definition) is 1. The van der Waals surface area contributed by atoms with Crippen molar-refractivity contribution in [2.24, 2.45) is 5.73 Å². The average molecular weight is 271 g/mol. The summed E-state index contributed by atoms with van der Waals surface area (Å²) in [5.41, 5.74) is 10.2. The van der Waals surface area contributed by atoms with Crippen molar-refractivity contribution in [2.75, 3.05) is 0 Å². The molecule has 2 unspecified atom stereocenters. The predicted octanol–water partition coefficient (Wildman–Crippen LogP) is 4.14. The summed E-state index contributed by atoms with van der Waals surface area (Å²) < 4.78 is 0. The molecule has 0 amide bonds. The maximum atomic E-state index is 6.93. The Morgan fingerprint density at radius 2 is 1.42 bits per heavy atom. The van der Waals surface area contributed by atoms with Crippen molar-refractivity contribution in [2.45, 2.75) is 18.4 Å². The molecule has 0 heterocycles. The van der Waals surface area contributed by atoms with Crippen LogP contribution >= 0.6 is 12.4 Å². The molecular formula is C16H15ClN2. The van der Waals surface area contributed by atoms with Gasteiger partial charge in [0, 0.05) is 12.0 Å². The van der Waals surface area contributed by atoms with Crippen molar-refractivity contribution >= 4 is 18.1 Å². The van der Waals surface area contributed by atoms with Gasteiger partial charge in [0.25, 0.3) is 0 Å². The molecule has 1 aliphatic carbocycles. The molecule has 96 valence electrons. The molecule has 19 heavy (non-hydrogen) atoms. The van der Waals surface area contributed by atoms with Gasteiger partial charge in [0.2, 0.25) is 0 Å². The zero-order valence-corrected chi connectivity index (χ0v) is 11.2. The van der Waals surface area contributed by atoms with Crippen molar-refractivity contribution in [3.05, 3.63) is 65.5 Å². The Hall–Kier alpha value is -1.82. The summed E-state index contributed by atoms with van der Waals surface area (Å²) in [7, 11) is 0. The van der Waals surface area contributed by atoms with Crippen LogP contribution in [0.1, 0.15) is 17.9 Å². The van der Waals surface area contributed by atoms with E-state index in [1.165, 1.54) is 11.1 Å². The van der Waals surface area contributed by atoms with Gasteiger partial charge >= 0.3 is 0 Å². The van der Waals surface area contributed by atoms with Crippen LogP contribution in [-0.4, -0.2) is 6.04 Å². The Bertz CT molecular complexity index is 596. The minimum Gasteiger partial charge on any atom is -0.327 e. The fourth-order valence-corrected chi connectivity index (χ4v) is 2.25. The minimum atomic E-state index is 0. The first kappa shape index (κ1) is 13.6. The normalized spacial score (nSPS) is 20.2. The Kier molecular flexibility index (Phi) is 3.90. The first-order valence-electron chi connectivity index (χ1n) is 6.11. The number of halogens is 1. The lowest BCUT2D eigenvalue weighted by atomic mass is 10.0. The highest BCUT2D eigenvalue weighted by Gasteiger charge is 2.34. The number of benzene rings is 2. The van der Waals surface area contributed by atoms with E-state index in [4.69, 9.17) is 12.3 Å². The van der Waals surface area contributed by atoms with Crippen LogP contribution in [0.3, 0.4) is 0 Å². The molecule has 3 rings (SSSR count). The highest BCUT2D eigenvalue weighted by atomic mass is 35.5. The van der Waals surface area contributed by atoms with E-state index in [2.05, 4.69) is 29.1 Å². The van der Waals surface area contributed by atoms with E-state index in [0.717, 1.165) is 12.0 Å². The van der Waals surface area contributed by atoms with E-state index < -0.39 is 0 Å². The third-order valence-corrected chi connectivity index (χ3v) is 3.51. The quantitative estimate of drug-likeness (QED) is 0.817. The summed E-state index contributed by atoms with van der Waals surface area (Å²) in [4.78, 5) is 3.40. The van der Waals surface area contributed by atoms with Crippen LogP contribution in [0.2, 0.25) is 0 Å². The lowest BCUT2D eigenvalue weighted by Crippen LogP contribution is -2.00. The summed E-state index contributed by atoms with van der Waals surface area (Å²) in [5, 5.41) is 0. The van der Waals surface area contributed by atoms with E-state index in [0.29, 0.717) is 17.6 Å². The second-order valence-corrected chi connectivity index (χ2v) is 4.79. The number of hydrogen-bond acceptors (Lipinski definition) is 1. The van der Waals surface area contributed by atoms with Gasteiger partial charge in [-0.05, 0) is 23.1 Å². The Labute approximate surface area is 119 Å². The van der Waals surface area contributed by atoms with Gasteiger partial charge in [-0.3, -0.25) is 0 Å². The second-order valence-electron chi connectivity index (χ2n) is 4.79. The zero-order chi connectivity index (χ0) is 12.5.